The van der Waals surface area contributed by atoms with Gasteiger partial charge in [-0.25, -0.2) is 9.78 Å². The molecule has 122 valence electrons. The summed E-state index contributed by atoms with van der Waals surface area (Å²) in [6.45, 7) is 4.74. The van der Waals surface area contributed by atoms with Gasteiger partial charge in [-0.05, 0) is 39.1 Å². The van der Waals surface area contributed by atoms with E-state index in [0.29, 0.717) is 0 Å². The number of ether oxygens (including phenoxy) is 1. The van der Waals surface area contributed by atoms with E-state index in [4.69, 9.17) is 9.72 Å². The van der Waals surface area contributed by atoms with E-state index in [2.05, 4.69) is 17.0 Å². The third kappa shape index (κ3) is 4.27. The Bertz CT molecular complexity index is 732. The molecule has 1 aromatic carbocycles. The Labute approximate surface area is 141 Å². The van der Waals surface area contributed by atoms with Crippen LogP contribution in [0.2, 0.25) is 0 Å². The second-order valence-corrected chi connectivity index (χ2v) is 6.86. The summed E-state index contributed by atoms with van der Waals surface area (Å²) in [6.07, 6.45) is 1.52. The van der Waals surface area contributed by atoms with E-state index in [1.807, 2.05) is 40.1 Å². The molecule has 0 aliphatic carbocycles. The van der Waals surface area contributed by atoms with Crippen LogP contribution in [0, 0.1) is 6.92 Å². The molecular weight excluding hydrogens is 308 g/mol. The van der Waals surface area contributed by atoms with Crippen LogP contribution in [0.1, 0.15) is 22.4 Å². The van der Waals surface area contributed by atoms with Gasteiger partial charge < -0.3 is 9.64 Å². The summed E-state index contributed by atoms with van der Waals surface area (Å²) in [5.74, 6) is -0.346. The molecule has 0 radical (unpaired) electrons. The number of rotatable bonds is 5. The quantitative estimate of drug-likeness (QED) is 0.618. The molecule has 0 fully saturated rings. The maximum atomic E-state index is 11.5. The number of nitrogens with zero attached hydrogens (tertiary/aromatic N) is 2. The third-order valence-corrected chi connectivity index (χ3v) is 4.49. The number of esters is 1. The monoisotopic (exact) mass is 330 g/mol. The summed E-state index contributed by atoms with van der Waals surface area (Å²) in [5, 5.41) is 0.979. The van der Waals surface area contributed by atoms with Gasteiger partial charge >= 0.3 is 5.97 Å². The Hall–Kier alpha value is -1.98. The van der Waals surface area contributed by atoms with Gasteiger partial charge in [-0.1, -0.05) is 24.3 Å². The van der Waals surface area contributed by atoms with Crippen LogP contribution in [-0.2, 0) is 16.1 Å². The number of carbonyl (C=O) groups is 1. The molecule has 2 rings (SSSR count). The first kappa shape index (κ1) is 17.4. The topological polar surface area (TPSA) is 42.4 Å². The molecule has 0 N–H and O–H groups in total. The normalized spacial score (nSPS) is 11.8. The van der Waals surface area contributed by atoms with Crippen LogP contribution in [0.25, 0.3) is 16.8 Å². The Kier molecular flexibility index (Phi) is 5.69. The molecule has 1 heterocycles. The lowest BCUT2D eigenvalue weighted by Crippen LogP contribution is -2.11. The van der Waals surface area contributed by atoms with Crippen molar-refractivity contribution in [3.05, 3.63) is 45.8 Å². The molecule has 0 saturated heterocycles. The largest absolute Gasteiger partial charge is 0.466 e. The second kappa shape index (κ2) is 7.53. The van der Waals surface area contributed by atoms with E-state index >= 15 is 0 Å². The molecular formula is C18H22N2O2S. The number of methoxy groups -OCH3 is 1. The number of aryl methyl sites for hydroxylation is 1. The first-order valence-electron chi connectivity index (χ1n) is 7.39. The molecule has 0 spiro atoms. The molecule has 2 aromatic rings. The highest BCUT2D eigenvalue weighted by molar-refractivity contribution is 7.13. The van der Waals surface area contributed by atoms with Gasteiger partial charge in [0.25, 0.3) is 0 Å². The van der Waals surface area contributed by atoms with Gasteiger partial charge in [0.1, 0.15) is 0 Å². The Balaban J connectivity index is 2.54. The summed E-state index contributed by atoms with van der Waals surface area (Å²) in [6, 6.07) is 8.26. The first-order chi connectivity index (χ1) is 10.9. The fourth-order valence-electron chi connectivity index (χ4n) is 2.41. The number of aromatic nitrogens is 1. The SMILES string of the molecule is COC(=O)/C=C(\C)c1sc(C)nc1-c1ccccc1CN(C)C. The lowest BCUT2D eigenvalue weighted by Gasteiger charge is -2.14. The minimum absolute atomic E-state index is 0.346. The van der Waals surface area contributed by atoms with Crippen LogP contribution in [-0.4, -0.2) is 37.1 Å². The molecule has 5 heteroatoms. The summed E-state index contributed by atoms with van der Waals surface area (Å²) in [5.41, 5.74) is 4.13. The molecule has 1 aromatic heterocycles. The standard InChI is InChI=1S/C18H22N2O2S/c1-12(10-16(21)22-5)18-17(19-13(2)23-18)15-9-7-6-8-14(15)11-20(3)4/h6-10H,11H2,1-5H3/b12-10+. The van der Waals surface area contributed by atoms with Crippen LogP contribution >= 0.6 is 11.3 Å². The van der Waals surface area contributed by atoms with Crippen molar-refractivity contribution in [3.8, 4) is 11.3 Å². The van der Waals surface area contributed by atoms with Crippen molar-refractivity contribution in [2.75, 3.05) is 21.2 Å². The van der Waals surface area contributed by atoms with Crippen LogP contribution in [0.4, 0.5) is 0 Å². The zero-order valence-corrected chi connectivity index (χ0v) is 15.0. The van der Waals surface area contributed by atoms with Gasteiger partial charge in [0.05, 0.1) is 22.7 Å². The summed E-state index contributed by atoms with van der Waals surface area (Å²) >= 11 is 1.60. The van der Waals surface area contributed by atoms with Crippen molar-refractivity contribution in [2.45, 2.75) is 20.4 Å². The summed E-state index contributed by atoms with van der Waals surface area (Å²) in [7, 11) is 5.48. The molecule has 0 unspecified atom stereocenters. The Morgan fingerprint density at radius 2 is 2.04 bits per heavy atom. The molecule has 0 aliphatic heterocycles. The highest BCUT2D eigenvalue weighted by Crippen LogP contribution is 2.35. The van der Waals surface area contributed by atoms with Crippen molar-refractivity contribution < 1.29 is 9.53 Å². The molecule has 0 saturated carbocycles. The van der Waals surface area contributed by atoms with Gasteiger partial charge in [-0.3, -0.25) is 0 Å². The average Bonchev–Trinajstić information content (AvgIpc) is 2.89. The lowest BCUT2D eigenvalue weighted by molar-refractivity contribution is -0.134. The van der Waals surface area contributed by atoms with E-state index in [-0.39, 0.29) is 5.97 Å². The minimum atomic E-state index is -0.346. The van der Waals surface area contributed by atoms with Gasteiger partial charge in [-0.15, -0.1) is 11.3 Å². The predicted octanol–water partition coefficient (Wildman–Crippen LogP) is 3.76. The van der Waals surface area contributed by atoms with E-state index in [1.165, 1.54) is 18.7 Å². The Morgan fingerprint density at radius 3 is 2.70 bits per heavy atom. The van der Waals surface area contributed by atoms with Gasteiger partial charge in [-0.2, -0.15) is 0 Å². The fraction of sp³-hybridized carbons (Fsp3) is 0.333. The van der Waals surface area contributed by atoms with Crippen LogP contribution < -0.4 is 0 Å². The first-order valence-corrected chi connectivity index (χ1v) is 8.21. The second-order valence-electron chi connectivity index (χ2n) is 5.66. The van der Waals surface area contributed by atoms with Crippen molar-refractivity contribution in [2.24, 2.45) is 0 Å². The van der Waals surface area contributed by atoms with Gasteiger partial charge in [0, 0.05) is 18.2 Å². The third-order valence-electron chi connectivity index (χ3n) is 3.39. The summed E-state index contributed by atoms with van der Waals surface area (Å²) in [4.78, 5) is 19.4. The maximum absolute atomic E-state index is 11.5. The molecule has 0 aliphatic rings. The van der Waals surface area contributed by atoms with Gasteiger partial charge in [0.2, 0.25) is 0 Å². The molecule has 0 amide bonds. The molecule has 4 nitrogen and oxygen atoms in total. The van der Waals surface area contributed by atoms with Gasteiger partial charge in [0.15, 0.2) is 0 Å². The number of thiazole rings is 1. The lowest BCUT2D eigenvalue weighted by atomic mass is 10.0. The predicted molar refractivity (Wildman–Crippen MR) is 95.3 cm³/mol. The van der Waals surface area contributed by atoms with E-state index in [1.54, 1.807) is 11.3 Å². The highest BCUT2D eigenvalue weighted by Gasteiger charge is 2.16. The summed E-state index contributed by atoms with van der Waals surface area (Å²) < 4.78 is 4.73. The highest BCUT2D eigenvalue weighted by atomic mass is 32.1. The van der Waals surface area contributed by atoms with E-state index in [0.717, 1.165) is 33.3 Å². The fourth-order valence-corrected chi connectivity index (χ4v) is 3.31. The average molecular weight is 330 g/mol. The number of benzene rings is 1. The smallest absolute Gasteiger partial charge is 0.330 e. The number of carbonyl (C=O) groups excluding carboxylic acids is 1. The molecule has 23 heavy (non-hydrogen) atoms. The van der Waals surface area contributed by atoms with Crippen molar-refractivity contribution in [3.63, 3.8) is 0 Å². The minimum Gasteiger partial charge on any atom is -0.466 e. The van der Waals surface area contributed by atoms with Crippen LogP contribution in [0.5, 0.6) is 0 Å². The molecule has 0 bridgehead atoms. The Morgan fingerprint density at radius 1 is 1.35 bits per heavy atom. The van der Waals surface area contributed by atoms with Crippen molar-refractivity contribution in [1.29, 1.82) is 0 Å². The van der Waals surface area contributed by atoms with E-state index in [9.17, 15) is 4.79 Å². The van der Waals surface area contributed by atoms with E-state index < -0.39 is 0 Å². The van der Waals surface area contributed by atoms with Crippen molar-refractivity contribution in [1.82, 2.24) is 9.88 Å². The number of hydrogen-bond donors (Lipinski definition) is 0. The zero-order valence-electron chi connectivity index (χ0n) is 14.2. The van der Waals surface area contributed by atoms with Crippen LogP contribution in [0.15, 0.2) is 30.3 Å². The number of hydrogen-bond acceptors (Lipinski definition) is 5. The zero-order chi connectivity index (χ0) is 17.0. The van der Waals surface area contributed by atoms with Crippen molar-refractivity contribution >= 4 is 22.9 Å². The maximum Gasteiger partial charge on any atom is 0.330 e. The van der Waals surface area contributed by atoms with Crippen LogP contribution in [0.3, 0.4) is 0 Å². The molecule has 0 atom stereocenters. The number of allylic oxidation sites excluding steroid dienone is 1.